The average molecular weight is 231 g/mol. The third-order valence-corrected chi connectivity index (χ3v) is 4.54. The second kappa shape index (κ2) is 4.34. The SMILES string of the molecule is CCN1CCC[C@@H]2c3cc(O)ccc3CC[C@H]21. The molecule has 2 atom stereocenters. The summed E-state index contributed by atoms with van der Waals surface area (Å²) in [6.07, 6.45) is 5.05. The molecule has 1 heterocycles. The lowest BCUT2D eigenvalue weighted by atomic mass is 9.74. The minimum absolute atomic E-state index is 0.429. The summed E-state index contributed by atoms with van der Waals surface area (Å²) >= 11 is 0. The van der Waals surface area contributed by atoms with Crippen LogP contribution in [0.5, 0.6) is 5.75 Å². The van der Waals surface area contributed by atoms with Gasteiger partial charge in [0.15, 0.2) is 0 Å². The molecule has 1 aliphatic carbocycles. The quantitative estimate of drug-likeness (QED) is 0.803. The van der Waals surface area contributed by atoms with Gasteiger partial charge in [-0.3, -0.25) is 0 Å². The van der Waals surface area contributed by atoms with E-state index < -0.39 is 0 Å². The van der Waals surface area contributed by atoms with E-state index in [2.05, 4.69) is 17.9 Å². The van der Waals surface area contributed by atoms with Crippen molar-refractivity contribution in [1.29, 1.82) is 0 Å². The Morgan fingerprint density at radius 2 is 2.24 bits per heavy atom. The van der Waals surface area contributed by atoms with Gasteiger partial charge < -0.3 is 10.0 Å². The molecule has 0 spiro atoms. The van der Waals surface area contributed by atoms with Gasteiger partial charge in [-0.1, -0.05) is 13.0 Å². The van der Waals surface area contributed by atoms with Gasteiger partial charge in [-0.2, -0.15) is 0 Å². The highest BCUT2D eigenvalue weighted by atomic mass is 16.3. The van der Waals surface area contributed by atoms with Gasteiger partial charge in [-0.15, -0.1) is 0 Å². The third-order valence-electron chi connectivity index (χ3n) is 4.54. The van der Waals surface area contributed by atoms with Crippen LogP contribution < -0.4 is 0 Å². The zero-order chi connectivity index (χ0) is 11.8. The standard InChI is InChI=1S/C15H21NO/c1-2-16-9-3-4-13-14-10-12(17)7-5-11(14)6-8-15(13)16/h5,7,10,13,15,17H,2-4,6,8-9H2,1H3/t13-,15-/m1/s1. The zero-order valence-corrected chi connectivity index (χ0v) is 10.5. The van der Waals surface area contributed by atoms with Crippen LogP contribution in [0, 0.1) is 0 Å². The topological polar surface area (TPSA) is 23.5 Å². The molecular formula is C15H21NO. The minimum Gasteiger partial charge on any atom is -0.508 e. The molecule has 0 radical (unpaired) electrons. The van der Waals surface area contributed by atoms with Gasteiger partial charge in [0, 0.05) is 6.04 Å². The molecule has 1 aromatic carbocycles. The van der Waals surface area contributed by atoms with Crippen molar-refractivity contribution < 1.29 is 5.11 Å². The van der Waals surface area contributed by atoms with Crippen molar-refractivity contribution in [1.82, 2.24) is 4.90 Å². The molecular weight excluding hydrogens is 210 g/mol. The van der Waals surface area contributed by atoms with Crippen molar-refractivity contribution in [2.45, 2.75) is 44.6 Å². The first kappa shape index (κ1) is 11.1. The maximum Gasteiger partial charge on any atom is 0.115 e. The van der Waals surface area contributed by atoms with E-state index in [-0.39, 0.29) is 0 Å². The highest BCUT2D eigenvalue weighted by molar-refractivity contribution is 5.40. The fraction of sp³-hybridized carbons (Fsp3) is 0.600. The van der Waals surface area contributed by atoms with Gasteiger partial charge in [0.1, 0.15) is 5.75 Å². The number of phenolic OH excluding ortho intramolecular Hbond substituents is 1. The van der Waals surface area contributed by atoms with Gasteiger partial charge in [0.2, 0.25) is 0 Å². The summed E-state index contributed by atoms with van der Waals surface area (Å²) in [6, 6.07) is 6.67. The number of aromatic hydroxyl groups is 1. The van der Waals surface area contributed by atoms with Gasteiger partial charge in [0.25, 0.3) is 0 Å². The van der Waals surface area contributed by atoms with E-state index in [1.807, 2.05) is 12.1 Å². The van der Waals surface area contributed by atoms with Crippen LogP contribution in [0.4, 0.5) is 0 Å². The van der Waals surface area contributed by atoms with E-state index in [0.717, 1.165) is 6.54 Å². The molecule has 3 rings (SSSR count). The van der Waals surface area contributed by atoms with Crippen LogP contribution in [0.3, 0.4) is 0 Å². The Hall–Kier alpha value is -1.02. The molecule has 1 aliphatic heterocycles. The van der Waals surface area contributed by atoms with E-state index in [1.54, 1.807) is 0 Å². The van der Waals surface area contributed by atoms with Crippen molar-refractivity contribution in [2.75, 3.05) is 13.1 Å². The minimum atomic E-state index is 0.429. The number of hydrogen-bond acceptors (Lipinski definition) is 2. The van der Waals surface area contributed by atoms with Gasteiger partial charge >= 0.3 is 0 Å². The average Bonchev–Trinajstić information content (AvgIpc) is 2.37. The van der Waals surface area contributed by atoms with Crippen molar-refractivity contribution in [3.63, 3.8) is 0 Å². The molecule has 17 heavy (non-hydrogen) atoms. The lowest BCUT2D eigenvalue weighted by molar-refractivity contribution is 0.119. The number of phenols is 1. The summed E-state index contributed by atoms with van der Waals surface area (Å²) in [7, 11) is 0. The van der Waals surface area contributed by atoms with Gasteiger partial charge in [-0.25, -0.2) is 0 Å². The van der Waals surface area contributed by atoms with Crippen LogP contribution in [0.15, 0.2) is 18.2 Å². The van der Waals surface area contributed by atoms with E-state index in [4.69, 9.17) is 0 Å². The normalized spacial score (nSPS) is 28.5. The number of hydrogen-bond donors (Lipinski definition) is 1. The van der Waals surface area contributed by atoms with E-state index in [1.165, 1.54) is 43.4 Å². The first-order valence-corrected chi connectivity index (χ1v) is 6.85. The molecule has 0 unspecified atom stereocenters. The number of rotatable bonds is 1. The zero-order valence-electron chi connectivity index (χ0n) is 10.5. The van der Waals surface area contributed by atoms with Crippen LogP contribution in [-0.4, -0.2) is 29.1 Å². The monoisotopic (exact) mass is 231 g/mol. The van der Waals surface area contributed by atoms with Gasteiger partial charge in [-0.05, 0) is 68.0 Å². The molecule has 2 nitrogen and oxygen atoms in total. The number of fused-ring (bicyclic) bond motifs is 3. The molecule has 1 saturated heterocycles. The Morgan fingerprint density at radius 3 is 3.06 bits per heavy atom. The summed E-state index contributed by atoms with van der Waals surface area (Å²) in [6.45, 7) is 4.68. The third kappa shape index (κ3) is 1.85. The molecule has 0 aromatic heterocycles. The Morgan fingerprint density at radius 1 is 1.35 bits per heavy atom. The summed E-state index contributed by atoms with van der Waals surface area (Å²) in [4.78, 5) is 2.63. The fourth-order valence-electron chi connectivity index (χ4n) is 3.72. The predicted molar refractivity (Wildman–Crippen MR) is 69.4 cm³/mol. The molecule has 92 valence electrons. The van der Waals surface area contributed by atoms with Crippen LogP contribution in [0.25, 0.3) is 0 Å². The lowest BCUT2D eigenvalue weighted by Crippen LogP contribution is -2.46. The second-order valence-electron chi connectivity index (χ2n) is 5.37. The highest BCUT2D eigenvalue weighted by Crippen LogP contribution is 2.41. The van der Waals surface area contributed by atoms with Crippen molar-refractivity contribution >= 4 is 0 Å². The summed E-state index contributed by atoms with van der Waals surface area (Å²) in [5, 5.41) is 9.69. The van der Waals surface area contributed by atoms with Crippen molar-refractivity contribution in [3.8, 4) is 5.75 Å². The van der Waals surface area contributed by atoms with Crippen LogP contribution >= 0.6 is 0 Å². The Labute approximate surface area is 103 Å². The molecule has 2 aliphatic rings. The first-order valence-electron chi connectivity index (χ1n) is 6.85. The van der Waals surface area contributed by atoms with Crippen LogP contribution in [0.2, 0.25) is 0 Å². The Bertz CT molecular complexity index is 415. The largest absolute Gasteiger partial charge is 0.508 e. The van der Waals surface area contributed by atoms with Crippen LogP contribution in [-0.2, 0) is 6.42 Å². The maximum atomic E-state index is 9.69. The lowest BCUT2D eigenvalue weighted by Gasteiger charge is -2.44. The highest BCUT2D eigenvalue weighted by Gasteiger charge is 2.35. The fourth-order valence-corrected chi connectivity index (χ4v) is 3.72. The molecule has 0 amide bonds. The number of likely N-dealkylation sites (tertiary alicyclic amines) is 1. The summed E-state index contributed by atoms with van der Waals surface area (Å²) in [5.41, 5.74) is 2.88. The second-order valence-corrected chi connectivity index (χ2v) is 5.37. The predicted octanol–water partition coefficient (Wildman–Crippen LogP) is 2.91. The molecule has 1 aromatic rings. The van der Waals surface area contributed by atoms with E-state index in [0.29, 0.717) is 17.7 Å². The number of nitrogens with zero attached hydrogens (tertiary/aromatic N) is 1. The molecule has 1 fully saturated rings. The number of benzene rings is 1. The van der Waals surface area contributed by atoms with Crippen molar-refractivity contribution in [2.24, 2.45) is 0 Å². The molecule has 0 bridgehead atoms. The maximum absolute atomic E-state index is 9.69. The molecule has 1 N–H and O–H groups in total. The Balaban J connectivity index is 1.97. The molecule has 2 heteroatoms. The summed E-state index contributed by atoms with van der Waals surface area (Å²) in [5.74, 6) is 1.08. The molecule has 0 saturated carbocycles. The number of likely N-dealkylation sites (N-methyl/N-ethyl adjacent to an activating group) is 1. The van der Waals surface area contributed by atoms with E-state index >= 15 is 0 Å². The smallest absolute Gasteiger partial charge is 0.115 e. The van der Waals surface area contributed by atoms with Gasteiger partial charge in [0.05, 0.1) is 0 Å². The summed E-state index contributed by atoms with van der Waals surface area (Å²) < 4.78 is 0. The first-order chi connectivity index (χ1) is 8.29. The number of aryl methyl sites for hydroxylation is 1. The number of piperidine rings is 1. The van der Waals surface area contributed by atoms with Crippen LogP contribution in [0.1, 0.15) is 43.2 Å². The van der Waals surface area contributed by atoms with E-state index in [9.17, 15) is 5.11 Å². The van der Waals surface area contributed by atoms with Crippen molar-refractivity contribution in [3.05, 3.63) is 29.3 Å². The Kier molecular flexibility index (Phi) is 2.83.